The van der Waals surface area contributed by atoms with Gasteiger partial charge in [0.1, 0.15) is 0 Å². The Kier molecular flexibility index (Phi) is 1.39. The van der Waals surface area contributed by atoms with E-state index in [2.05, 4.69) is 20.8 Å². The Morgan fingerprint density at radius 3 is 2.27 bits per heavy atom. The zero-order chi connectivity index (χ0) is 8.22. The molecule has 4 atom stereocenters. The van der Waals surface area contributed by atoms with Crippen molar-refractivity contribution < 1.29 is 5.11 Å². The molecular weight excluding hydrogens is 136 g/mol. The van der Waals surface area contributed by atoms with Gasteiger partial charge < -0.3 is 5.11 Å². The Balaban J connectivity index is 2.13. The number of aliphatic hydroxyl groups is 1. The van der Waals surface area contributed by atoms with Gasteiger partial charge in [-0.1, -0.05) is 20.8 Å². The molecule has 0 amide bonds. The highest BCUT2D eigenvalue weighted by Crippen LogP contribution is 2.69. The van der Waals surface area contributed by atoms with Gasteiger partial charge in [0.2, 0.25) is 0 Å². The summed E-state index contributed by atoms with van der Waals surface area (Å²) in [5.74, 6) is 2.18. The van der Waals surface area contributed by atoms with Gasteiger partial charge in [0.25, 0.3) is 0 Å². The Hall–Kier alpha value is -0.0400. The van der Waals surface area contributed by atoms with Crippen LogP contribution < -0.4 is 0 Å². The van der Waals surface area contributed by atoms with E-state index in [1.807, 2.05) is 0 Å². The second-order valence-electron chi connectivity index (χ2n) is 4.83. The first-order valence-electron chi connectivity index (χ1n) is 4.76. The van der Waals surface area contributed by atoms with Crippen LogP contribution in [0.25, 0.3) is 0 Å². The lowest BCUT2D eigenvalue weighted by Crippen LogP contribution is -2.15. The topological polar surface area (TPSA) is 20.2 Å². The third-order valence-corrected chi connectivity index (χ3v) is 4.16. The Morgan fingerprint density at radius 2 is 2.00 bits per heavy atom. The van der Waals surface area contributed by atoms with Crippen LogP contribution in [0, 0.1) is 23.2 Å². The van der Waals surface area contributed by atoms with Crippen LogP contribution in [-0.4, -0.2) is 11.2 Å². The summed E-state index contributed by atoms with van der Waals surface area (Å²) in [5.41, 5.74) is 0.554. The van der Waals surface area contributed by atoms with Crippen LogP contribution in [0.5, 0.6) is 0 Å². The summed E-state index contributed by atoms with van der Waals surface area (Å²) in [6.07, 6.45) is 2.44. The molecule has 11 heavy (non-hydrogen) atoms. The standard InChI is InChI=1S/C10H18O/c1-6(2)10-4-8(10)7(3)9(11)5-10/h6-9,11H,4-5H2,1-3H3/t7-,8?,9+,10+/m1/s1. The van der Waals surface area contributed by atoms with Crippen molar-refractivity contribution in [3.63, 3.8) is 0 Å². The fraction of sp³-hybridized carbons (Fsp3) is 1.00. The van der Waals surface area contributed by atoms with E-state index >= 15 is 0 Å². The first-order valence-corrected chi connectivity index (χ1v) is 4.76. The Bertz CT molecular complexity index is 176. The van der Waals surface area contributed by atoms with Crippen molar-refractivity contribution >= 4 is 0 Å². The molecule has 0 saturated heterocycles. The summed E-state index contributed by atoms with van der Waals surface area (Å²) >= 11 is 0. The SMILES string of the molecule is CC(C)[C@@]12CC1[C@@H](C)[C@@H](O)C2. The summed E-state index contributed by atoms with van der Waals surface area (Å²) in [6.45, 7) is 6.79. The van der Waals surface area contributed by atoms with Crippen molar-refractivity contribution in [2.75, 3.05) is 0 Å². The number of hydrogen-bond donors (Lipinski definition) is 1. The maximum absolute atomic E-state index is 9.61. The molecule has 2 aliphatic rings. The zero-order valence-corrected chi connectivity index (χ0v) is 7.67. The molecule has 1 nitrogen and oxygen atoms in total. The lowest BCUT2D eigenvalue weighted by Gasteiger charge is -2.17. The van der Waals surface area contributed by atoms with Gasteiger partial charge in [-0.3, -0.25) is 0 Å². The van der Waals surface area contributed by atoms with Crippen LogP contribution in [0.2, 0.25) is 0 Å². The Morgan fingerprint density at radius 1 is 1.36 bits per heavy atom. The van der Waals surface area contributed by atoms with Gasteiger partial charge >= 0.3 is 0 Å². The predicted octanol–water partition coefficient (Wildman–Crippen LogP) is 2.05. The van der Waals surface area contributed by atoms with Crippen LogP contribution in [0.15, 0.2) is 0 Å². The molecule has 0 aromatic rings. The minimum absolute atomic E-state index is 0.00356. The molecule has 0 bridgehead atoms. The first-order chi connectivity index (χ1) is 5.08. The number of rotatable bonds is 1. The third kappa shape index (κ3) is 0.807. The van der Waals surface area contributed by atoms with Crippen LogP contribution in [0.4, 0.5) is 0 Å². The van der Waals surface area contributed by atoms with Crippen molar-refractivity contribution in [2.45, 2.75) is 39.7 Å². The molecule has 2 rings (SSSR count). The van der Waals surface area contributed by atoms with E-state index in [0.717, 1.165) is 18.3 Å². The van der Waals surface area contributed by atoms with Crippen LogP contribution in [0.3, 0.4) is 0 Å². The second kappa shape index (κ2) is 2.01. The van der Waals surface area contributed by atoms with Gasteiger partial charge in [0, 0.05) is 0 Å². The molecule has 2 fully saturated rings. The predicted molar refractivity (Wildman–Crippen MR) is 45.2 cm³/mol. The minimum atomic E-state index is -0.00356. The molecule has 0 spiro atoms. The van der Waals surface area contributed by atoms with E-state index in [0.29, 0.717) is 11.3 Å². The summed E-state index contributed by atoms with van der Waals surface area (Å²) in [4.78, 5) is 0. The van der Waals surface area contributed by atoms with Gasteiger partial charge in [0.05, 0.1) is 6.10 Å². The third-order valence-electron chi connectivity index (χ3n) is 4.16. The fourth-order valence-corrected chi connectivity index (χ4v) is 3.04. The molecule has 2 saturated carbocycles. The molecule has 1 N–H and O–H groups in total. The molecule has 1 heteroatoms. The molecular formula is C10H18O. The van der Waals surface area contributed by atoms with E-state index in [1.165, 1.54) is 6.42 Å². The molecule has 1 unspecified atom stereocenters. The van der Waals surface area contributed by atoms with Crippen molar-refractivity contribution in [2.24, 2.45) is 23.2 Å². The van der Waals surface area contributed by atoms with Gasteiger partial charge in [-0.15, -0.1) is 0 Å². The van der Waals surface area contributed by atoms with Gasteiger partial charge in [-0.2, -0.15) is 0 Å². The van der Waals surface area contributed by atoms with Crippen molar-refractivity contribution in [3.05, 3.63) is 0 Å². The smallest absolute Gasteiger partial charge is 0.0574 e. The number of aliphatic hydroxyl groups excluding tert-OH is 1. The zero-order valence-electron chi connectivity index (χ0n) is 7.67. The lowest BCUT2D eigenvalue weighted by molar-refractivity contribution is 0.113. The van der Waals surface area contributed by atoms with E-state index in [1.54, 1.807) is 0 Å². The normalized spacial score (nSPS) is 54.8. The lowest BCUT2D eigenvalue weighted by atomic mass is 9.89. The summed E-state index contributed by atoms with van der Waals surface area (Å²) in [7, 11) is 0. The number of fused-ring (bicyclic) bond motifs is 1. The van der Waals surface area contributed by atoms with Crippen molar-refractivity contribution in [3.8, 4) is 0 Å². The average Bonchev–Trinajstić information content (AvgIpc) is 2.57. The summed E-state index contributed by atoms with van der Waals surface area (Å²) in [5, 5.41) is 9.61. The minimum Gasteiger partial charge on any atom is -0.393 e. The largest absolute Gasteiger partial charge is 0.393 e. The monoisotopic (exact) mass is 154 g/mol. The first kappa shape index (κ1) is 7.60. The second-order valence-corrected chi connectivity index (χ2v) is 4.83. The molecule has 0 aliphatic heterocycles. The van der Waals surface area contributed by atoms with Gasteiger partial charge in [0.15, 0.2) is 0 Å². The van der Waals surface area contributed by atoms with E-state index < -0.39 is 0 Å². The molecule has 0 heterocycles. The quantitative estimate of drug-likeness (QED) is 0.613. The van der Waals surface area contributed by atoms with E-state index in [-0.39, 0.29) is 6.10 Å². The van der Waals surface area contributed by atoms with Gasteiger partial charge in [-0.05, 0) is 36.0 Å². The molecule has 0 aromatic heterocycles. The molecule has 64 valence electrons. The number of hydrogen-bond acceptors (Lipinski definition) is 1. The maximum atomic E-state index is 9.61. The average molecular weight is 154 g/mol. The highest BCUT2D eigenvalue weighted by atomic mass is 16.3. The van der Waals surface area contributed by atoms with Crippen LogP contribution in [0.1, 0.15) is 33.6 Å². The van der Waals surface area contributed by atoms with E-state index in [9.17, 15) is 5.11 Å². The fourth-order valence-electron chi connectivity index (χ4n) is 3.04. The highest BCUT2D eigenvalue weighted by molar-refractivity contribution is 5.13. The van der Waals surface area contributed by atoms with Gasteiger partial charge in [-0.25, -0.2) is 0 Å². The maximum Gasteiger partial charge on any atom is 0.0574 e. The summed E-state index contributed by atoms with van der Waals surface area (Å²) < 4.78 is 0. The van der Waals surface area contributed by atoms with Crippen molar-refractivity contribution in [1.82, 2.24) is 0 Å². The highest BCUT2D eigenvalue weighted by Gasteiger charge is 2.64. The van der Waals surface area contributed by atoms with Crippen LogP contribution in [-0.2, 0) is 0 Å². The van der Waals surface area contributed by atoms with Crippen molar-refractivity contribution in [1.29, 1.82) is 0 Å². The Labute approximate surface area is 68.8 Å². The van der Waals surface area contributed by atoms with E-state index in [4.69, 9.17) is 0 Å². The molecule has 0 radical (unpaired) electrons. The molecule has 0 aromatic carbocycles. The van der Waals surface area contributed by atoms with Crippen LogP contribution >= 0.6 is 0 Å². The molecule has 2 aliphatic carbocycles. The summed E-state index contributed by atoms with van der Waals surface area (Å²) in [6, 6.07) is 0.